The molecule has 0 bridgehead atoms. The molecule has 1 aliphatic rings. The van der Waals surface area contributed by atoms with E-state index in [4.69, 9.17) is 9.26 Å². The number of rotatable bonds is 7. The summed E-state index contributed by atoms with van der Waals surface area (Å²) in [5, 5.41) is 9.47. The summed E-state index contributed by atoms with van der Waals surface area (Å²) in [6, 6.07) is 7.72. The molecule has 2 N–H and O–H groups in total. The summed E-state index contributed by atoms with van der Waals surface area (Å²) >= 11 is 0. The standard InChI is InChI=1S/C20H27N5O4/c1-14-23-18(29-24-14)13-22-19(26)16-8-11-25(12-9-16)20(27)21-10-7-15-3-5-17(28-2)6-4-15/h3-6,16H,7-13H2,1-2H3,(H,21,27)(H,22,26). The number of piperidine rings is 1. The molecule has 1 fully saturated rings. The van der Waals surface area contributed by atoms with Gasteiger partial charge in [-0.05, 0) is 43.9 Å². The van der Waals surface area contributed by atoms with Crippen LogP contribution in [0.4, 0.5) is 4.79 Å². The topological polar surface area (TPSA) is 110 Å². The van der Waals surface area contributed by atoms with Gasteiger partial charge in [0.15, 0.2) is 5.82 Å². The largest absolute Gasteiger partial charge is 0.497 e. The van der Waals surface area contributed by atoms with Crippen LogP contribution in [0.1, 0.15) is 30.1 Å². The van der Waals surface area contributed by atoms with Gasteiger partial charge in [-0.3, -0.25) is 4.79 Å². The third kappa shape index (κ3) is 5.94. The highest BCUT2D eigenvalue weighted by Gasteiger charge is 2.27. The molecule has 2 heterocycles. The SMILES string of the molecule is COc1ccc(CCNC(=O)N2CCC(C(=O)NCc3nc(C)no3)CC2)cc1. The molecule has 0 saturated carbocycles. The second-order valence-electron chi connectivity index (χ2n) is 7.04. The lowest BCUT2D eigenvalue weighted by Gasteiger charge is -2.31. The van der Waals surface area contributed by atoms with E-state index in [1.807, 2.05) is 24.3 Å². The summed E-state index contributed by atoms with van der Waals surface area (Å²) in [7, 11) is 1.64. The summed E-state index contributed by atoms with van der Waals surface area (Å²) in [5.41, 5.74) is 1.14. The van der Waals surface area contributed by atoms with Crippen LogP contribution >= 0.6 is 0 Å². The Kier molecular flexibility index (Phi) is 7.04. The highest BCUT2D eigenvalue weighted by molar-refractivity contribution is 5.79. The van der Waals surface area contributed by atoms with Gasteiger partial charge in [0.05, 0.1) is 13.7 Å². The maximum absolute atomic E-state index is 12.3. The lowest BCUT2D eigenvalue weighted by molar-refractivity contribution is -0.126. The Morgan fingerprint density at radius 3 is 2.55 bits per heavy atom. The van der Waals surface area contributed by atoms with Gasteiger partial charge < -0.3 is 24.8 Å². The van der Waals surface area contributed by atoms with Crippen molar-refractivity contribution in [2.75, 3.05) is 26.7 Å². The van der Waals surface area contributed by atoms with E-state index in [1.165, 1.54) is 0 Å². The Bertz CT molecular complexity index is 813. The van der Waals surface area contributed by atoms with E-state index < -0.39 is 0 Å². The molecule has 2 aromatic rings. The number of amides is 3. The van der Waals surface area contributed by atoms with Crippen molar-refractivity contribution in [2.45, 2.75) is 32.7 Å². The Hall–Kier alpha value is -3.10. The Labute approximate surface area is 169 Å². The molecule has 3 rings (SSSR count). The smallest absolute Gasteiger partial charge is 0.317 e. The van der Waals surface area contributed by atoms with Crippen LogP contribution in [0.15, 0.2) is 28.8 Å². The molecular formula is C20H27N5O4. The molecule has 0 radical (unpaired) electrons. The highest BCUT2D eigenvalue weighted by atomic mass is 16.5. The van der Waals surface area contributed by atoms with Crippen LogP contribution in [-0.4, -0.2) is 53.7 Å². The van der Waals surface area contributed by atoms with Gasteiger partial charge in [0, 0.05) is 25.6 Å². The minimum absolute atomic E-state index is 0.0413. The van der Waals surface area contributed by atoms with Gasteiger partial charge in [0.1, 0.15) is 5.75 Å². The zero-order valence-corrected chi connectivity index (χ0v) is 16.8. The number of hydrogen-bond donors (Lipinski definition) is 2. The van der Waals surface area contributed by atoms with Crippen LogP contribution in [0.25, 0.3) is 0 Å². The fourth-order valence-corrected chi connectivity index (χ4v) is 3.28. The van der Waals surface area contributed by atoms with E-state index in [2.05, 4.69) is 20.8 Å². The van der Waals surface area contributed by atoms with E-state index in [0.717, 1.165) is 17.7 Å². The molecular weight excluding hydrogens is 374 g/mol. The zero-order chi connectivity index (χ0) is 20.6. The second kappa shape index (κ2) is 9.90. The highest BCUT2D eigenvalue weighted by Crippen LogP contribution is 2.17. The first-order valence-corrected chi connectivity index (χ1v) is 9.77. The Balaban J connectivity index is 1.34. The van der Waals surface area contributed by atoms with Gasteiger partial charge in [0.2, 0.25) is 11.8 Å². The average molecular weight is 401 g/mol. The third-order valence-corrected chi connectivity index (χ3v) is 4.99. The lowest BCUT2D eigenvalue weighted by atomic mass is 9.96. The average Bonchev–Trinajstić information content (AvgIpc) is 3.17. The maximum atomic E-state index is 12.3. The van der Waals surface area contributed by atoms with Crippen molar-refractivity contribution in [3.05, 3.63) is 41.5 Å². The number of aromatic nitrogens is 2. The summed E-state index contributed by atoms with van der Waals surface area (Å²) in [6.45, 7) is 3.64. The number of nitrogens with zero attached hydrogens (tertiary/aromatic N) is 3. The van der Waals surface area contributed by atoms with Crippen LogP contribution in [-0.2, 0) is 17.8 Å². The van der Waals surface area contributed by atoms with Crippen molar-refractivity contribution in [1.29, 1.82) is 0 Å². The summed E-state index contributed by atoms with van der Waals surface area (Å²) < 4.78 is 10.1. The monoisotopic (exact) mass is 401 g/mol. The predicted octanol–water partition coefficient (Wildman–Crippen LogP) is 1.67. The molecule has 9 heteroatoms. The number of aryl methyl sites for hydroxylation is 1. The van der Waals surface area contributed by atoms with E-state index in [-0.39, 0.29) is 24.4 Å². The van der Waals surface area contributed by atoms with Gasteiger partial charge in [-0.15, -0.1) is 0 Å². The van der Waals surface area contributed by atoms with Gasteiger partial charge in [-0.2, -0.15) is 4.98 Å². The molecule has 0 spiro atoms. The number of ether oxygens (including phenoxy) is 1. The summed E-state index contributed by atoms with van der Waals surface area (Å²) in [4.78, 5) is 30.5. The first-order valence-electron chi connectivity index (χ1n) is 9.77. The Morgan fingerprint density at radius 2 is 1.93 bits per heavy atom. The van der Waals surface area contributed by atoms with Crippen LogP contribution in [0.2, 0.25) is 0 Å². The van der Waals surface area contributed by atoms with Crippen LogP contribution < -0.4 is 15.4 Å². The Morgan fingerprint density at radius 1 is 1.21 bits per heavy atom. The number of benzene rings is 1. The molecule has 9 nitrogen and oxygen atoms in total. The van der Waals surface area contributed by atoms with Crippen LogP contribution in [0.3, 0.4) is 0 Å². The fraction of sp³-hybridized carbons (Fsp3) is 0.500. The molecule has 1 saturated heterocycles. The van der Waals surface area contributed by atoms with Crippen molar-refractivity contribution in [3.63, 3.8) is 0 Å². The molecule has 0 aliphatic carbocycles. The molecule has 3 amide bonds. The summed E-state index contributed by atoms with van der Waals surface area (Å²) in [6.07, 6.45) is 2.03. The maximum Gasteiger partial charge on any atom is 0.317 e. The lowest BCUT2D eigenvalue weighted by Crippen LogP contribution is -2.47. The molecule has 156 valence electrons. The van der Waals surface area contributed by atoms with Gasteiger partial charge in [-0.25, -0.2) is 4.79 Å². The second-order valence-corrected chi connectivity index (χ2v) is 7.04. The minimum Gasteiger partial charge on any atom is -0.497 e. The van der Waals surface area contributed by atoms with Crippen LogP contribution in [0.5, 0.6) is 5.75 Å². The number of methoxy groups -OCH3 is 1. The molecule has 1 aliphatic heterocycles. The van der Waals surface area contributed by atoms with E-state index in [1.54, 1.807) is 18.9 Å². The molecule has 0 atom stereocenters. The normalized spacial score (nSPS) is 14.5. The van der Waals surface area contributed by atoms with Crippen molar-refractivity contribution >= 4 is 11.9 Å². The van der Waals surface area contributed by atoms with Gasteiger partial charge in [-0.1, -0.05) is 17.3 Å². The number of nitrogens with one attached hydrogen (secondary N) is 2. The first-order chi connectivity index (χ1) is 14.0. The summed E-state index contributed by atoms with van der Waals surface area (Å²) in [5.74, 6) is 1.60. The number of likely N-dealkylation sites (tertiary alicyclic amines) is 1. The fourth-order valence-electron chi connectivity index (χ4n) is 3.28. The molecule has 1 aromatic heterocycles. The quantitative estimate of drug-likeness (QED) is 0.730. The minimum atomic E-state index is -0.109. The molecule has 1 aromatic carbocycles. The van der Waals surface area contributed by atoms with E-state index >= 15 is 0 Å². The van der Waals surface area contributed by atoms with Crippen molar-refractivity contribution in [1.82, 2.24) is 25.7 Å². The van der Waals surface area contributed by atoms with Crippen molar-refractivity contribution in [2.24, 2.45) is 5.92 Å². The predicted molar refractivity (Wildman–Crippen MR) is 105 cm³/mol. The molecule has 0 unspecified atom stereocenters. The number of hydrogen-bond acceptors (Lipinski definition) is 6. The third-order valence-electron chi connectivity index (χ3n) is 4.99. The number of carbonyl (C=O) groups is 2. The van der Waals surface area contributed by atoms with Crippen LogP contribution in [0, 0.1) is 12.8 Å². The number of carbonyl (C=O) groups excluding carboxylic acids is 2. The van der Waals surface area contributed by atoms with Crippen molar-refractivity contribution < 1.29 is 18.8 Å². The van der Waals surface area contributed by atoms with Gasteiger partial charge >= 0.3 is 6.03 Å². The van der Waals surface area contributed by atoms with E-state index in [9.17, 15) is 9.59 Å². The zero-order valence-electron chi connectivity index (χ0n) is 16.8. The van der Waals surface area contributed by atoms with Crippen molar-refractivity contribution in [3.8, 4) is 5.75 Å². The van der Waals surface area contributed by atoms with E-state index in [0.29, 0.717) is 44.2 Å². The first kappa shape index (κ1) is 20.6. The molecule has 29 heavy (non-hydrogen) atoms. The van der Waals surface area contributed by atoms with Gasteiger partial charge in [0.25, 0.3) is 0 Å². The number of urea groups is 1.